The highest BCUT2D eigenvalue weighted by Gasteiger charge is 2.30. The van der Waals surface area contributed by atoms with Crippen LogP contribution < -0.4 is 0 Å². The first-order valence-corrected chi connectivity index (χ1v) is 7.73. The molecule has 1 saturated heterocycles. The Hall–Kier alpha value is -2.24. The lowest BCUT2D eigenvalue weighted by Gasteiger charge is -2.34. The highest BCUT2D eigenvalue weighted by Crippen LogP contribution is 2.29. The molecule has 0 spiro atoms. The molecule has 1 atom stereocenters. The first-order chi connectivity index (χ1) is 10.6. The Balaban J connectivity index is 1.75. The average molecular weight is 299 g/mol. The fourth-order valence-electron chi connectivity index (χ4n) is 2.89. The molecule has 1 N–H and O–H groups in total. The minimum Gasteiger partial charge on any atom is -0.332 e. The van der Waals surface area contributed by atoms with Crippen LogP contribution in [0.15, 0.2) is 18.3 Å². The predicted molar refractivity (Wildman–Crippen MR) is 82.1 cm³/mol. The van der Waals surface area contributed by atoms with Crippen molar-refractivity contribution < 1.29 is 4.79 Å². The summed E-state index contributed by atoms with van der Waals surface area (Å²) in [6, 6.07) is 3.90. The lowest BCUT2D eigenvalue weighted by Crippen LogP contribution is -2.39. The lowest BCUT2D eigenvalue weighted by molar-refractivity contribution is -0.134. The maximum Gasteiger partial charge on any atom is 0.227 e. The molecule has 116 valence electrons. The van der Waals surface area contributed by atoms with Gasteiger partial charge in [-0.1, -0.05) is 6.07 Å². The first-order valence-electron chi connectivity index (χ1n) is 7.73. The number of nitrogens with one attached hydrogen (secondary N) is 1. The number of aromatic nitrogens is 4. The number of aryl methyl sites for hydroxylation is 2. The maximum atomic E-state index is 12.7. The Morgan fingerprint density at radius 2 is 2.23 bits per heavy atom. The number of nitrogens with zero attached hydrogens (tertiary/aromatic N) is 4. The van der Waals surface area contributed by atoms with E-state index in [-0.39, 0.29) is 11.9 Å². The molecule has 2 aromatic heterocycles. The molecular formula is C16H21N5O. The van der Waals surface area contributed by atoms with Gasteiger partial charge in [-0.15, -0.1) is 0 Å². The number of amides is 1. The third kappa shape index (κ3) is 3.16. The summed E-state index contributed by atoms with van der Waals surface area (Å²) < 4.78 is 0. The number of rotatable bonds is 3. The van der Waals surface area contributed by atoms with Gasteiger partial charge in [0.25, 0.3) is 0 Å². The third-order valence-electron chi connectivity index (χ3n) is 4.06. The molecule has 0 bridgehead atoms. The van der Waals surface area contributed by atoms with Crippen LogP contribution in [-0.4, -0.2) is 37.5 Å². The van der Waals surface area contributed by atoms with Crippen molar-refractivity contribution >= 4 is 5.91 Å². The van der Waals surface area contributed by atoms with Crippen molar-refractivity contribution in [2.24, 2.45) is 0 Å². The summed E-state index contributed by atoms with van der Waals surface area (Å²) in [5, 5.41) is 7.12. The third-order valence-corrected chi connectivity index (χ3v) is 4.06. The number of aromatic amines is 1. The van der Waals surface area contributed by atoms with Crippen molar-refractivity contribution in [2.45, 2.75) is 45.6 Å². The van der Waals surface area contributed by atoms with Gasteiger partial charge in [0.15, 0.2) is 5.82 Å². The van der Waals surface area contributed by atoms with Crippen molar-refractivity contribution in [1.29, 1.82) is 0 Å². The standard InChI is InChI=1S/C16H21N5O/c1-11-6-7-13(10-17-11)9-15(22)21-8-4-3-5-14(21)16-18-12(2)19-20-16/h6-7,10,14H,3-5,8-9H2,1-2H3,(H,18,19,20)/t14-/m0/s1. The quantitative estimate of drug-likeness (QED) is 0.942. The zero-order chi connectivity index (χ0) is 15.5. The second kappa shape index (κ2) is 6.25. The molecule has 0 aliphatic carbocycles. The number of carbonyl (C=O) groups excluding carboxylic acids is 1. The van der Waals surface area contributed by atoms with Crippen LogP contribution in [0.1, 0.15) is 48.2 Å². The number of carbonyl (C=O) groups is 1. The minimum absolute atomic E-state index is 0.00962. The molecule has 1 fully saturated rings. The smallest absolute Gasteiger partial charge is 0.227 e. The van der Waals surface area contributed by atoms with E-state index < -0.39 is 0 Å². The van der Waals surface area contributed by atoms with E-state index in [0.29, 0.717) is 6.42 Å². The van der Waals surface area contributed by atoms with E-state index >= 15 is 0 Å². The lowest BCUT2D eigenvalue weighted by atomic mass is 10.0. The van der Waals surface area contributed by atoms with Crippen LogP contribution in [-0.2, 0) is 11.2 Å². The number of hydrogen-bond donors (Lipinski definition) is 1. The highest BCUT2D eigenvalue weighted by atomic mass is 16.2. The predicted octanol–water partition coefficient (Wildman–Crippen LogP) is 2.11. The van der Waals surface area contributed by atoms with Gasteiger partial charge >= 0.3 is 0 Å². The van der Waals surface area contributed by atoms with Crippen LogP contribution in [0.4, 0.5) is 0 Å². The zero-order valence-corrected chi connectivity index (χ0v) is 13.0. The number of pyridine rings is 1. The van der Waals surface area contributed by atoms with Crippen LogP contribution in [0.2, 0.25) is 0 Å². The molecule has 0 aromatic carbocycles. The fraction of sp³-hybridized carbons (Fsp3) is 0.500. The largest absolute Gasteiger partial charge is 0.332 e. The molecule has 1 amide bonds. The van der Waals surface area contributed by atoms with E-state index in [1.807, 2.05) is 30.9 Å². The van der Waals surface area contributed by atoms with Crippen molar-refractivity contribution in [1.82, 2.24) is 25.1 Å². The molecule has 1 aliphatic heterocycles. The highest BCUT2D eigenvalue weighted by molar-refractivity contribution is 5.79. The van der Waals surface area contributed by atoms with Crippen LogP contribution in [0.5, 0.6) is 0 Å². The van der Waals surface area contributed by atoms with Gasteiger partial charge in [-0.3, -0.25) is 14.9 Å². The average Bonchev–Trinajstić information content (AvgIpc) is 2.96. The summed E-state index contributed by atoms with van der Waals surface area (Å²) in [4.78, 5) is 23.3. The number of H-pyrrole nitrogens is 1. The topological polar surface area (TPSA) is 74.8 Å². The second-order valence-corrected chi connectivity index (χ2v) is 5.86. The second-order valence-electron chi connectivity index (χ2n) is 5.86. The fourth-order valence-corrected chi connectivity index (χ4v) is 2.89. The number of hydrogen-bond acceptors (Lipinski definition) is 4. The van der Waals surface area contributed by atoms with Gasteiger partial charge in [-0.25, -0.2) is 4.98 Å². The van der Waals surface area contributed by atoms with Gasteiger partial charge < -0.3 is 4.90 Å². The van der Waals surface area contributed by atoms with Crippen LogP contribution in [0.25, 0.3) is 0 Å². The van der Waals surface area contributed by atoms with Gasteiger partial charge in [0.05, 0.1) is 12.5 Å². The normalized spacial score (nSPS) is 18.5. The van der Waals surface area contributed by atoms with E-state index in [0.717, 1.165) is 48.7 Å². The van der Waals surface area contributed by atoms with Gasteiger partial charge in [0.1, 0.15) is 5.82 Å². The van der Waals surface area contributed by atoms with Crippen molar-refractivity contribution in [3.63, 3.8) is 0 Å². The van der Waals surface area contributed by atoms with Crippen molar-refractivity contribution in [2.75, 3.05) is 6.54 Å². The summed E-state index contributed by atoms with van der Waals surface area (Å²) >= 11 is 0. The summed E-state index contributed by atoms with van der Waals surface area (Å²) in [5.74, 6) is 1.64. The van der Waals surface area contributed by atoms with Crippen LogP contribution in [0, 0.1) is 13.8 Å². The summed E-state index contributed by atoms with van der Waals surface area (Å²) in [5.41, 5.74) is 1.91. The molecule has 2 aromatic rings. The zero-order valence-electron chi connectivity index (χ0n) is 13.0. The maximum absolute atomic E-state index is 12.7. The molecule has 1 aliphatic rings. The summed E-state index contributed by atoms with van der Waals surface area (Å²) in [7, 11) is 0. The Kier molecular flexibility index (Phi) is 4.18. The van der Waals surface area contributed by atoms with Crippen LogP contribution in [0.3, 0.4) is 0 Å². The van der Waals surface area contributed by atoms with Crippen molar-refractivity contribution in [3.05, 3.63) is 41.2 Å². The SMILES string of the molecule is Cc1ccc(CC(=O)N2CCCC[C@H]2c2n[nH]c(C)n2)cn1. The monoisotopic (exact) mass is 299 g/mol. The van der Waals surface area contributed by atoms with Crippen LogP contribution >= 0.6 is 0 Å². The molecule has 6 heteroatoms. The van der Waals surface area contributed by atoms with E-state index in [2.05, 4.69) is 20.2 Å². The van der Waals surface area contributed by atoms with E-state index in [9.17, 15) is 4.79 Å². The molecule has 22 heavy (non-hydrogen) atoms. The van der Waals surface area contributed by atoms with Gasteiger partial charge in [0.2, 0.25) is 5.91 Å². The molecule has 3 heterocycles. The molecule has 0 saturated carbocycles. The van der Waals surface area contributed by atoms with E-state index in [1.165, 1.54) is 0 Å². The number of piperidine rings is 1. The van der Waals surface area contributed by atoms with Crippen molar-refractivity contribution in [3.8, 4) is 0 Å². The molecule has 0 unspecified atom stereocenters. The molecule has 3 rings (SSSR count). The van der Waals surface area contributed by atoms with Gasteiger partial charge in [-0.2, -0.15) is 5.10 Å². The Morgan fingerprint density at radius 3 is 2.91 bits per heavy atom. The first kappa shape index (κ1) is 14.7. The molecule has 0 radical (unpaired) electrons. The summed E-state index contributed by atoms with van der Waals surface area (Å²) in [6.45, 7) is 4.59. The Bertz CT molecular complexity index is 649. The van der Waals surface area contributed by atoms with Gasteiger partial charge in [-0.05, 0) is 44.7 Å². The molecular weight excluding hydrogens is 278 g/mol. The molecule has 6 nitrogen and oxygen atoms in total. The summed E-state index contributed by atoms with van der Waals surface area (Å²) in [6.07, 6.45) is 5.23. The number of likely N-dealkylation sites (tertiary alicyclic amines) is 1. The van der Waals surface area contributed by atoms with E-state index in [1.54, 1.807) is 6.20 Å². The Labute approximate surface area is 130 Å². The van der Waals surface area contributed by atoms with E-state index in [4.69, 9.17) is 0 Å². The Morgan fingerprint density at radius 1 is 1.36 bits per heavy atom. The van der Waals surface area contributed by atoms with Gasteiger partial charge in [0, 0.05) is 18.4 Å². The minimum atomic E-state index is -0.00962.